The van der Waals surface area contributed by atoms with Gasteiger partial charge in [0.1, 0.15) is 5.25 Å². The second-order valence-electron chi connectivity index (χ2n) is 8.01. The van der Waals surface area contributed by atoms with Crippen molar-refractivity contribution in [3.63, 3.8) is 0 Å². The molecule has 0 radical (unpaired) electrons. The molecule has 0 saturated heterocycles. The molecular formula is C25H22ClN5OS. The van der Waals surface area contributed by atoms with Gasteiger partial charge in [-0.3, -0.25) is 4.79 Å². The third kappa shape index (κ3) is 4.34. The SMILES string of the molecule is Cc1ccc(NC(=O)[C@H]2Sc3nnc(-c4ccccc4)n3N[C@@H]2c2ccc(Cl)cc2)c(C)c1. The van der Waals surface area contributed by atoms with Crippen LogP contribution in [-0.4, -0.2) is 26.0 Å². The van der Waals surface area contributed by atoms with E-state index in [2.05, 4.69) is 27.0 Å². The van der Waals surface area contributed by atoms with Crippen LogP contribution < -0.4 is 10.7 Å². The summed E-state index contributed by atoms with van der Waals surface area (Å²) in [7, 11) is 0. The van der Waals surface area contributed by atoms with Gasteiger partial charge in [0.05, 0.1) is 6.04 Å². The highest BCUT2D eigenvalue weighted by molar-refractivity contribution is 8.00. The molecule has 1 aromatic heterocycles. The number of aryl methyl sites for hydroxylation is 2. The Morgan fingerprint density at radius 3 is 2.52 bits per heavy atom. The lowest BCUT2D eigenvalue weighted by molar-refractivity contribution is -0.116. The highest BCUT2D eigenvalue weighted by Crippen LogP contribution is 2.39. The van der Waals surface area contributed by atoms with Gasteiger partial charge in [0, 0.05) is 16.3 Å². The molecule has 1 amide bonds. The molecule has 2 N–H and O–H groups in total. The Hall–Kier alpha value is -3.29. The van der Waals surface area contributed by atoms with E-state index in [1.165, 1.54) is 11.8 Å². The first kappa shape index (κ1) is 21.6. The summed E-state index contributed by atoms with van der Waals surface area (Å²) in [6.45, 7) is 4.03. The number of benzene rings is 3. The van der Waals surface area contributed by atoms with Crippen molar-refractivity contribution in [1.29, 1.82) is 0 Å². The van der Waals surface area contributed by atoms with Gasteiger partial charge in [-0.05, 0) is 43.2 Å². The number of nitrogens with zero attached hydrogens (tertiary/aromatic N) is 3. The van der Waals surface area contributed by atoms with Gasteiger partial charge < -0.3 is 10.7 Å². The van der Waals surface area contributed by atoms with E-state index in [0.29, 0.717) is 16.0 Å². The minimum absolute atomic E-state index is 0.102. The van der Waals surface area contributed by atoms with Gasteiger partial charge in [-0.2, -0.15) is 0 Å². The number of hydrogen-bond donors (Lipinski definition) is 2. The number of carbonyl (C=O) groups excluding carboxylic acids is 1. The summed E-state index contributed by atoms with van der Waals surface area (Å²) in [4.78, 5) is 13.5. The van der Waals surface area contributed by atoms with Crippen LogP contribution in [0.15, 0.2) is 78.0 Å². The first-order valence-corrected chi connectivity index (χ1v) is 11.8. The van der Waals surface area contributed by atoms with Crippen molar-refractivity contribution in [3.05, 3.63) is 94.5 Å². The summed E-state index contributed by atoms with van der Waals surface area (Å²) < 4.78 is 1.86. The number of amides is 1. The number of hydrogen-bond acceptors (Lipinski definition) is 5. The molecule has 4 aromatic rings. The van der Waals surface area contributed by atoms with Gasteiger partial charge in [0.15, 0.2) is 5.82 Å². The quantitative estimate of drug-likeness (QED) is 0.401. The molecule has 2 atom stereocenters. The van der Waals surface area contributed by atoms with E-state index >= 15 is 0 Å². The predicted octanol–water partition coefficient (Wildman–Crippen LogP) is 5.61. The van der Waals surface area contributed by atoms with Gasteiger partial charge in [-0.25, -0.2) is 4.68 Å². The molecule has 0 aliphatic carbocycles. The molecule has 0 unspecified atom stereocenters. The Labute approximate surface area is 201 Å². The molecule has 6 nitrogen and oxygen atoms in total. The number of fused-ring (bicyclic) bond motifs is 1. The molecular weight excluding hydrogens is 454 g/mol. The second kappa shape index (κ2) is 8.92. The summed E-state index contributed by atoms with van der Waals surface area (Å²) in [5.74, 6) is 0.597. The normalized spacial score (nSPS) is 17.2. The highest BCUT2D eigenvalue weighted by Gasteiger charge is 2.38. The number of aromatic nitrogens is 3. The largest absolute Gasteiger partial charge is 0.325 e. The van der Waals surface area contributed by atoms with Crippen LogP contribution in [0.25, 0.3) is 11.4 Å². The summed E-state index contributed by atoms with van der Waals surface area (Å²) in [6.07, 6.45) is 0. The lowest BCUT2D eigenvalue weighted by Crippen LogP contribution is -2.41. The van der Waals surface area contributed by atoms with Gasteiger partial charge in [0.25, 0.3) is 0 Å². The van der Waals surface area contributed by atoms with Crippen LogP contribution in [0.5, 0.6) is 0 Å². The minimum Gasteiger partial charge on any atom is -0.325 e. The molecule has 0 bridgehead atoms. The predicted molar refractivity (Wildman–Crippen MR) is 133 cm³/mol. The maximum Gasteiger partial charge on any atom is 0.240 e. The highest BCUT2D eigenvalue weighted by atomic mass is 35.5. The second-order valence-corrected chi connectivity index (χ2v) is 9.56. The minimum atomic E-state index is -0.466. The first-order chi connectivity index (χ1) is 16.0. The maximum absolute atomic E-state index is 13.5. The van der Waals surface area contributed by atoms with Gasteiger partial charge in [0.2, 0.25) is 11.1 Å². The monoisotopic (exact) mass is 475 g/mol. The summed E-state index contributed by atoms with van der Waals surface area (Å²) >= 11 is 7.52. The van der Waals surface area contributed by atoms with Crippen molar-refractivity contribution in [2.45, 2.75) is 30.3 Å². The van der Waals surface area contributed by atoms with Gasteiger partial charge in [-0.15, -0.1) is 10.2 Å². The Morgan fingerprint density at radius 2 is 1.79 bits per heavy atom. The van der Waals surface area contributed by atoms with Gasteiger partial charge in [-0.1, -0.05) is 83.5 Å². The number of anilines is 1. The van der Waals surface area contributed by atoms with Crippen molar-refractivity contribution in [1.82, 2.24) is 14.9 Å². The van der Waals surface area contributed by atoms with E-state index in [-0.39, 0.29) is 11.9 Å². The summed E-state index contributed by atoms with van der Waals surface area (Å²) in [6, 6.07) is 23.1. The molecule has 0 fully saturated rings. The molecule has 2 heterocycles. The van der Waals surface area contributed by atoms with Crippen LogP contribution in [0.3, 0.4) is 0 Å². The molecule has 8 heteroatoms. The maximum atomic E-state index is 13.5. The fraction of sp³-hybridized carbons (Fsp3) is 0.160. The smallest absolute Gasteiger partial charge is 0.240 e. The average Bonchev–Trinajstić information content (AvgIpc) is 3.24. The summed E-state index contributed by atoms with van der Waals surface area (Å²) in [5.41, 5.74) is 8.36. The topological polar surface area (TPSA) is 71.8 Å². The molecule has 0 saturated carbocycles. The van der Waals surface area contributed by atoms with Crippen molar-refractivity contribution >= 4 is 35.0 Å². The zero-order chi connectivity index (χ0) is 22.9. The van der Waals surface area contributed by atoms with Crippen molar-refractivity contribution in [2.24, 2.45) is 0 Å². The number of nitrogens with one attached hydrogen (secondary N) is 2. The van der Waals surface area contributed by atoms with Crippen LogP contribution in [0.4, 0.5) is 5.69 Å². The molecule has 5 rings (SSSR count). The third-order valence-corrected chi connectivity index (χ3v) is 7.06. The van der Waals surface area contributed by atoms with Crippen LogP contribution in [0, 0.1) is 13.8 Å². The molecule has 3 aromatic carbocycles. The Morgan fingerprint density at radius 1 is 1.03 bits per heavy atom. The lowest BCUT2D eigenvalue weighted by Gasteiger charge is -2.33. The molecule has 0 spiro atoms. The Bertz CT molecular complexity index is 1310. The zero-order valence-electron chi connectivity index (χ0n) is 18.1. The molecule has 1 aliphatic heterocycles. The van der Waals surface area contributed by atoms with Crippen LogP contribution in [0.2, 0.25) is 5.02 Å². The van der Waals surface area contributed by atoms with E-state index in [4.69, 9.17) is 11.6 Å². The fourth-order valence-electron chi connectivity index (χ4n) is 3.91. The van der Waals surface area contributed by atoms with E-state index in [1.807, 2.05) is 85.3 Å². The zero-order valence-corrected chi connectivity index (χ0v) is 19.7. The lowest BCUT2D eigenvalue weighted by atomic mass is 10.0. The number of rotatable bonds is 4. The average molecular weight is 476 g/mol. The van der Waals surface area contributed by atoms with Crippen molar-refractivity contribution < 1.29 is 4.79 Å². The standard InChI is InChI=1S/C25H22ClN5OS/c1-15-8-13-20(16(2)14-15)27-24(32)22-21(17-9-11-19(26)12-10-17)30-31-23(28-29-25(31)33-22)18-6-4-3-5-7-18/h3-14,21-22,30H,1-2H3,(H,27,32)/t21-,22+/m1/s1. The molecule has 166 valence electrons. The van der Waals surface area contributed by atoms with E-state index in [9.17, 15) is 4.79 Å². The van der Waals surface area contributed by atoms with E-state index in [1.54, 1.807) is 0 Å². The van der Waals surface area contributed by atoms with Gasteiger partial charge >= 0.3 is 0 Å². The van der Waals surface area contributed by atoms with Crippen molar-refractivity contribution in [3.8, 4) is 11.4 Å². The third-order valence-electron chi connectivity index (χ3n) is 5.60. The van der Waals surface area contributed by atoms with Crippen LogP contribution in [-0.2, 0) is 4.79 Å². The fourth-order valence-corrected chi connectivity index (χ4v) is 5.11. The number of carbonyl (C=O) groups is 1. The Kier molecular flexibility index (Phi) is 5.83. The first-order valence-electron chi connectivity index (χ1n) is 10.6. The van der Waals surface area contributed by atoms with Crippen LogP contribution in [0.1, 0.15) is 22.7 Å². The van der Waals surface area contributed by atoms with E-state index in [0.717, 1.165) is 27.9 Å². The number of thioether (sulfide) groups is 1. The number of halogens is 1. The van der Waals surface area contributed by atoms with E-state index < -0.39 is 5.25 Å². The Balaban J connectivity index is 1.51. The molecule has 1 aliphatic rings. The van der Waals surface area contributed by atoms with Crippen molar-refractivity contribution in [2.75, 3.05) is 10.7 Å². The molecule has 33 heavy (non-hydrogen) atoms. The summed E-state index contributed by atoms with van der Waals surface area (Å²) in [5, 5.41) is 12.7. The van der Waals surface area contributed by atoms with Crippen LogP contribution >= 0.6 is 23.4 Å².